The van der Waals surface area contributed by atoms with Gasteiger partial charge in [0.1, 0.15) is 15.8 Å². The van der Waals surface area contributed by atoms with E-state index in [0.717, 1.165) is 60.0 Å². The largest absolute Gasteiger partial charge is 0.351 e. The third-order valence-electron chi connectivity index (χ3n) is 7.21. The van der Waals surface area contributed by atoms with Crippen molar-refractivity contribution in [1.82, 2.24) is 14.8 Å². The summed E-state index contributed by atoms with van der Waals surface area (Å²) in [6, 6.07) is 11.8. The molecule has 0 bridgehead atoms. The number of Topliss-reactive ketones (excluding diaryl/α,β-unsaturated/α-hetero) is 1. The molecule has 1 amide bonds. The van der Waals surface area contributed by atoms with Crippen molar-refractivity contribution in [3.8, 4) is 5.69 Å². The van der Waals surface area contributed by atoms with Gasteiger partial charge in [0, 0.05) is 36.5 Å². The fourth-order valence-corrected chi connectivity index (χ4v) is 7.94. The van der Waals surface area contributed by atoms with E-state index in [4.69, 9.17) is 11.6 Å². The number of nitrogens with one attached hydrogen (secondary N) is 1. The van der Waals surface area contributed by atoms with E-state index in [1.54, 1.807) is 18.2 Å². The van der Waals surface area contributed by atoms with Crippen molar-refractivity contribution < 1.29 is 22.4 Å². The normalized spacial score (nSPS) is 14.0. The van der Waals surface area contributed by atoms with E-state index >= 15 is 4.39 Å². The van der Waals surface area contributed by atoms with Gasteiger partial charge < -0.3 is 10.2 Å². The number of ketones is 1. The molecule has 0 saturated carbocycles. The molecule has 1 N–H and O–H groups in total. The molecular weight excluding hydrogens is 601 g/mol. The molecule has 0 spiro atoms. The number of aromatic nitrogens is 1. The van der Waals surface area contributed by atoms with Crippen LogP contribution < -0.4 is 10.9 Å². The fraction of sp³-hybridized carbons (Fsp3) is 0.300. The molecule has 0 atom stereocenters. The second-order valence-corrected chi connectivity index (χ2v) is 14.3. The first-order chi connectivity index (χ1) is 20.0. The number of carbonyl (C=O) groups excluding carboxylic acids is 2. The van der Waals surface area contributed by atoms with E-state index in [1.165, 1.54) is 30.5 Å². The van der Waals surface area contributed by atoms with Crippen molar-refractivity contribution in [3.05, 3.63) is 91.9 Å². The van der Waals surface area contributed by atoms with Crippen LogP contribution in [0.3, 0.4) is 0 Å². The number of rotatable bonds is 10. The predicted octanol–water partition coefficient (Wildman–Crippen LogP) is 4.56. The van der Waals surface area contributed by atoms with Gasteiger partial charge in [-0.15, -0.1) is 11.3 Å². The Hall–Kier alpha value is -3.38. The highest BCUT2D eigenvalue weighted by Gasteiger charge is 2.23. The minimum atomic E-state index is -3.87. The summed E-state index contributed by atoms with van der Waals surface area (Å²) in [6.45, 7) is 5.03. The van der Waals surface area contributed by atoms with Gasteiger partial charge >= 0.3 is 0 Å². The number of hydrogen-bond acceptors (Lipinski definition) is 7. The second kappa shape index (κ2) is 12.5. The molecule has 1 fully saturated rings. The molecule has 0 aliphatic carbocycles. The monoisotopic (exact) mass is 629 g/mol. The number of hydrogen-bond donors (Lipinski definition) is 1. The van der Waals surface area contributed by atoms with Gasteiger partial charge in [-0.25, -0.2) is 12.8 Å². The van der Waals surface area contributed by atoms with Crippen molar-refractivity contribution in [2.75, 3.05) is 31.9 Å². The number of sulfone groups is 1. The van der Waals surface area contributed by atoms with Gasteiger partial charge in [-0.05, 0) is 68.8 Å². The molecule has 42 heavy (non-hydrogen) atoms. The van der Waals surface area contributed by atoms with Gasteiger partial charge in [0.2, 0.25) is 0 Å². The molecule has 1 aliphatic rings. The average Bonchev–Trinajstić information content (AvgIpc) is 3.61. The zero-order valence-corrected chi connectivity index (χ0v) is 25.3. The minimum Gasteiger partial charge on any atom is -0.351 e. The summed E-state index contributed by atoms with van der Waals surface area (Å²) in [5, 5.41) is 3.68. The average molecular weight is 630 g/mol. The summed E-state index contributed by atoms with van der Waals surface area (Å²) in [6.07, 6.45) is 3.32. The molecule has 1 aliphatic heterocycles. The smallest absolute Gasteiger partial charge is 0.263 e. The van der Waals surface area contributed by atoms with Gasteiger partial charge in [0.05, 0.1) is 15.6 Å². The van der Waals surface area contributed by atoms with Crippen LogP contribution in [0.2, 0.25) is 4.34 Å². The lowest BCUT2D eigenvalue weighted by atomic mass is 10.0. The number of amides is 1. The minimum absolute atomic E-state index is 0.0101. The van der Waals surface area contributed by atoms with E-state index < -0.39 is 32.7 Å². The Bertz CT molecular complexity index is 1850. The van der Waals surface area contributed by atoms with E-state index in [-0.39, 0.29) is 38.7 Å². The Kier molecular flexibility index (Phi) is 8.93. The summed E-state index contributed by atoms with van der Waals surface area (Å²) in [5.41, 5.74) is 0.778. The molecule has 1 saturated heterocycles. The van der Waals surface area contributed by atoms with Crippen molar-refractivity contribution in [1.29, 1.82) is 0 Å². The summed E-state index contributed by atoms with van der Waals surface area (Å²) >= 11 is 6.68. The molecule has 220 valence electrons. The van der Waals surface area contributed by atoms with Crippen molar-refractivity contribution in [3.63, 3.8) is 0 Å². The van der Waals surface area contributed by atoms with Crippen LogP contribution in [-0.4, -0.2) is 61.5 Å². The van der Waals surface area contributed by atoms with Crippen LogP contribution in [0.5, 0.6) is 0 Å². The first-order valence-corrected chi connectivity index (χ1v) is 16.3. The Labute approximate surface area is 251 Å². The van der Waals surface area contributed by atoms with Crippen LogP contribution in [0.4, 0.5) is 4.39 Å². The number of thiophene rings is 1. The number of aryl methyl sites for hydroxylation is 1. The van der Waals surface area contributed by atoms with Crippen molar-refractivity contribution >= 4 is 55.2 Å². The maximum Gasteiger partial charge on any atom is 0.263 e. The van der Waals surface area contributed by atoms with Crippen LogP contribution in [0, 0.1) is 12.7 Å². The molecule has 8 nitrogen and oxygen atoms in total. The highest BCUT2D eigenvalue weighted by atomic mass is 35.5. The zero-order chi connectivity index (χ0) is 30.0. The van der Waals surface area contributed by atoms with Gasteiger partial charge in [0.15, 0.2) is 15.6 Å². The highest BCUT2D eigenvalue weighted by Crippen LogP contribution is 2.27. The number of pyridine rings is 1. The van der Waals surface area contributed by atoms with Crippen LogP contribution in [0.15, 0.2) is 63.7 Å². The van der Waals surface area contributed by atoms with Crippen LogP contribution in [0.25, 0.3) is 16.5 Å². The Morgan fingerprint density at radius 2 is 1.81 bits per heavy atom. The third-order valence-corrected chi connectivity index (χ3v) is 10.7. The zero-order valence-electron chi connectivity index (χ0n) is 22.9. The highest BCUT2D eigenvalue weighted by molar-refractivity contribution is 7.94. The van der Waals surface area contributed by atoms with Crippen LogP contribution in [0.1, 0.15) is 34.3 Å². The van der Waals surface area contributed by atoms with Gasteiger partial charge in [-0.3, -0.25) is 19.0 Å². The SMILES string of the molecule is Cc1ccc2c(=O)n(-c3ccc(CC(=O)CS(=O)(=O)c4ccc(Cl)s4)cc3F)cc(C(=O)NCCN3CCCC3)c2c1. The standard InChI is InChI=1S/C30H29ClFN3O5S2/c1-19-4-6-22-23(14-19)24(29(37)33-10-13-34-11-2-3-12-34)17-35(30(22)38)26-7-5-20(16-25(26)32)15-21(36)18-42(39,40)28-9-8-27(31)41-28/h4-9,14,16-17H,2-3,10-13,15,18H2,1H3,(H,33,37). The molecular formula is C30H29ClFN3O5S2. The number of benzene rings is 2. The quantitative estimate of drug-likeness (QED) is 0.276. The van der Waals surface area contributed by atoms with Crippen LogP contribution in [-0.2, 0) is 21.1 Å². The Balaban J connectivity index is 1.40. The lowest BCUT2D eigenvalue weighted by Crippen LogP contribution is -2.34. The molecule has 0 unspecified atom stereocenters. The third kappa shape index (κ3) is 6.64. The van der Waals surface area contributed by atoms with Crippen LogP contribution >= 0.6 is 22.9 Å². The maximum absolute atomic E-state index is 15.4. The van der Waals surface area contributed by atoms with Crippen molar-refractivity contribution in [2.24, 2.45) is 0 Å². The molecule has 12 heteroatoms. The molecule has 4 aromatic rings. The first-order valence-electron chi connectivity index (χ1n) is 13.5. The van der Waals surface area contributed by atoms with Gasteiger partial charge in [-0.1, -0.05) is 35.4 Å². The molecule has 3 heterocycles. The van der Waals surface area contributed by atoms with E-state index in [2.05, 4.69) is 10.2 Å². The summed E-state index contributed by atoms with van der Waals surface area (Å²) < 4.78 is 41.9. The molecule has 0 radical (unpaired) electrons. The van der Waals surface area contributed by atoms with Crippen molar-refractivity contribution in [2.45, 2.75) is 30.4 Å². The number of fused-ring (bicyclic) bond motifs is 1. The molecule has 2 aromatic carbocycles. The summed E-state index contributed by atoms with van der Waals surface area (Å²) in [5.74, 6) is -2.51. The second-order valence-electron chi connectivity index (χ2n) is 10.4. The first kappa shape index (κ1) is 30.1. The lowest BCUT2D eigenvalue weighted by molar-refractivity contribution is -0.116. The van der Waals surface area contributed by atoms with E-state index in [0.29, 0.717) is 16.3 Å². The number of likely N-dealkylation sites (tertiary alicyclic amines) is 1. The van der Waals surface area contributed by atoms with E-state index in [9.17, 15) is 22.8 Å². The number of carbonyl (C=O) groups is 2. The van der Waals surface area contributed by atoms with Gasteiger partial charge in [-0.2, -0.15) is 0 Å². The summed E-state index contributed by atoms with van der Waals surface area (Å²) in [4.78, 5) is 41.6. The van der Waals surface area contributed by atoms with Gasteiger partial charge in [0.25, 0.3) is 11.5 Å². The molecule has 2 aromatic heterocycles. The Morgan fingerprint density at radius 1 is 1.05 bits per heavy atom. The Morgan fingerprint density at radius 3 is 2.50 bits per heavy atom. The topological polar surface area (TPSA) is 106 Å². The molecule has 5 rings (SSSR count). The number of nitrogens with zero attached hydrogens (tertiary/aromatic N) is 2. The lowest BCUT2D eigenvalue weighted by Gasteiger charge is -2.16. The summed E-state index contributed by atoms with van der Waals surface area (Å²) in [7, 11) is -3.87. The fourth-order valence-electron chi connectivity index (χ4n) is 5.13. The maximum atomic E-state index is 15.4. The van der Waals surface area contributed by atoms with E-state index in [1.807, 2.05) is 6.92 Å². The number of halogens is 2. The predicted molar refractivity (Wildman–Crippen MR) is 162 cm³/mol.